The summed E-state index contributed by atoms with van der Waals surface area (Å²) in [4.78, 5) is 59.9. The summed E-state index contributed by atoms with van der Waals surface area (Å²) < 4.78 is 0.545. The monoisotopic (exact) mass is 417 g/mol. The van der Waals surface area contributed by atoms with Gasteiger partial charge >= 0.3 is 6.03 Å². The molecular weight excluding hydrogens is 394 g/mol. The van der Waals surface area contributed by atoms with Crippen LogP contribution in [0.1, 0.15) is 44.9 Å². The van der Waals surface area contributed by atoms with Gasteiger partial charge in [0, 0.05) is 6.54 Å². The summed E-state index contributed by atoms with van der Waals surface area (Å²) in [6.45, 7) is 2.17. The van der Waals surface area contributed by atoms with Crippen molar-refractivity contribution < 1.29 is 14.4 Å². The van der Waals surface area contributed by atoms with Crippen LogP contribution in [0.3, 0.4) is 0 Å². The number of H-pyrrole nitrogens is 1. The lowest BCUT2D eigenvalue weighted by molar-refractivity contribution is -0.139. The molecule has 154 valence electrons. The molecule has 0 unspecified atom stereocenters. The van der Waals surface area contributed by atoms with Gasteiger partial charge in [-0.3, -0.25) is 19.3 Å². The SMILES string of the molecule is CCCN(Cc1nc2ccsc2c(=O)[nH]1)C(=O)CN1C(=O)NC2(CCCC2)C1=O. The number of aromatic amines is 1. The fraction of sp³-hybridized carbons (Fsp3) is 0.526. The van der Waals surface area contributed by atoms with E-state index in [1.165, 1.54) is 16.2 Å². The molecule has 1 aliphatic heterocycles. The average Bonchev–Trinajstić information content (AvgIpc) is 3.39. The molecule has 2 aromatic rings. The highest BCUT2D eigenvalue weighted by Crippen LogP contribution is 2.35. The Hall–Kier alpha value is -2.75. The number of thiophene rings is 1. The third-order valence-corrected chi connectivity index (χ3v) is 6.45. The maximum atomic E-state index is 12.9. The number of amides is 4. The van der Waals surface area contributed by atoms with Crippen molar-refractivity contribution >= 4 is 39.4 Å². The minimum atomic E-state index is -0.830. The second kappa shape index (κ2) is 7.58. The van der Waals surface area contributed by atoms with Crippen LogP contribution in [0, 0.1) is 0 Å². The Labute approximate surface area is 171 Å². The fourth-order valence-corrected chi connectivity index (χ4v) is 4.84. The quantitative estimate of drug-likeness (QED) is 0.693. The van der Waals surface area contributed by atoms with Gasteiger partial charge in [0.15, 0.2) is 0 Å². The zero-order chi connectivity index (χ0) is 20.6. The lowest BCUT2D eigenvalue weighted by atomic mass is 9.98. The largest absolute Gasteiger partial charge is 0.334 e. The average molecular weight is 417 g/mol. The van der Waals surface area contributed by atoms with E-state index in [1.807, 2.05) is 6.92 Å². The molecule has 2 aliphatic rings. The van der Waals surface area contributed by atoms with Crippen molar-refractivity contribution in [1.82, 2.24) is 25.1 Å². The summed E-state index contributed by atoms with van der Waals surface area (Å²) in [5, 5.41) is 4.58. The summed E-state index contributed by atoms with van der Waals surface area (Å²) in [5.74, 6) is -0.276. The van der Waals surface area contributed by atoms with Gasteiger partial charge in [-0.25, -0.2) is 9.78 Å². The van der Waals surface area contributed by atoms with E-state index in [0.717, 1.165) is 17.7 Å². The molecular formula is C19H23N5O4S. The number of nitrogens with one attached hydrogen (secondary N) is 2. The van der Waals surface area contributed by atoms with E-state index in [0.29, 0.717) is 41.8 Å². The molecule has 1 spiro atoms. The number of fused-ring (bicyclic) bond motifs is 1. The summed E-state index contributed by atoms with van der Waals surface area (Å²) in [5.41, 5.74) is -0.472. The van der Waals surface area contributed by atoms with E-state index in [9.17, 15) is 19.2 Å². The van der Waals surface area contributed by atoms with Gasteiger partial charge < -0.3 is 15.2 Å². The van der Waals surface area contributed by atoms with Crippen LogP contribution in [0.4, 0.5) is 4.79 Å². The van der Waals surface area contributed by atoms with Gasteiger partial charge in [0.25, 0.3) is 11.5 Å². The lowest BCUT2D eigenvalue weighted by Gasteiger charge is -2.24. The number of urea groups is 1. The van der Waals surface area contributed by atoms with Crippen LogP contribution in [-0.2, 0) is 16.1 Å². The van der Waals surface area contributed by atoms with Crippen molar-refractivity contribution in [3.63, 3.8) is 0 Å². The van der Waals surface area contributed by atoms with Crippen molar-refractivity contribution in [1.29, 1.82) is 0 Å². The second-order valence-electron chi connectivity index (χ2n) is 7.57. The standard InChI is InChI=1S/C19H23N5O4S/c1-2-8-23(10-13-20-12-5-9-29-15(12)16(26)21-13)14(25)11-24-17(27)19(22-18(24)28)6-3-4-7-19/h5,9H,2-4,6-8,10-11H2,1H3,(H,22,28)(H,20,21,26). The highest BCUT2D eigenvalue weighted by atomic mass is 32.1. The normalized spacial score (nSPS) is 18.0. The number of rotatable bonds is 6. The van der Waals surface area contributed by atoms with E-state index in [1.54, 1.807) is 11.4 Å². The van der Waals surface area contributed by atoms with Crippen molar-refractivity contribution in [3.05, 3.63) is 27.6 Å². The Kier molecular flexibility index (Phi) is 5.12. The molecule has 1 saturated carbocycles. The molecule has 3 heterocycles. The molecule has 0 atom stereocenters. The van der Waals surface area contributed by atoms with Crippen molar-refractivity contribution in [2.75, 3.05) is 13.1 Å². The summed E-state index contributed by atoms with van der Waals surface area (Å²) in [6.07, 6.45) is 3.71. The van der Waals surface area contributed by atoms with E-state index < -0.39 is 11.6 Å². The molecule has 9 nitrogen and oxygen atoms in total. The van der Waals surface area contributed by atoms with Crippen LogP contribution >= 0.6 is 11.3 Å². The van der Waals surface area contributed by atoms with E-state index in [4.69, 9.17) is 0 Å². The van der Waals surface area contributed by atoms with Crippen LogP contribution in [-0.4, -0.2) is 56.2 Å². The number of hydrogen-bond donors (Lipinski definition) is 2. The maximum absolute atomic E-state index is 12.9. The molecule has 1 saturated heterocycles. The smallest absolute Gasteiger partial charge is 0.325 e. The van der Waals surface area contributed by atoms with Gasteiger partial charge in [-0.1, -0.05) is 19.8 Å². The zero-order valence-corrected chi connectivity index (χ0v) is 17.0. The summed E-state index contributed by atoms with van der Waals surface area (Å²) in [6, 6.07) is 1.26. The molecule has 0 aromatic carbocycles. The Morgan fingerprint density at radius 3 is 2.79 bits per heavy atom. The molecule has 0 bridgehead atoms. The number of aromatic nitrogens is 2. The fourth-order valence-electron chi connectivity index (χ4n) is 4.11. The Bertz CT molecular complexity index is 1020. The predicted octanol–water partition coefficient (Wildman–Crippen LogP) is 1.59. The van der Waals surface area contributed by atoms with E-state index in [2.05, 4.69) is 15.3 Å². The van der Waals surface area contributed by atoms with Crippen molar-refractivity contribution in [2.24, 2.45) is 0 Å². The molecule has 4 rings (SSSR count). The molecule has 29 heavy (non-hydrogen) atoms. The molecule has 0 radical (unpaired) electrons. The van der Waals surface area contributed by atoms with Crippen molar-refractivity contribution in [3.8, 4) is 0 Å². The summed E-state index contributed by atoms with van der Waals surface area (Å²) >= 11 is 1.31. The van der Waals surface area contributed by atoms with Crippen LogP contribution in [0.2, 0.25) is 0 Å². The van der Waals surface area contributed by atoms with E-state index in [-0.39, 0.29) is 30.5 Å². The second-order valence-corrected chi connectivity index (χ2v) is 8.49. The first kappa shape index (κ1) is 19.6. The number of hydrogen-bond acceptors (Lipinski definition) is 6. The van der Waals surface area contributed by atoms with Gasteiger partial charge in [-0.05, 0) is 30.7 Å². The van der Waals surface area contributed by atoms with Gasteiger partial charge in [0.2, 0.25) is 5.91 Å². The van der Waals surface area contributed by atoms with E-state index >= 15 is 0 Å². The molecule has 1 aliphatic carbocycles. The molecule has 2 N–H and O–H groups in total. The number of imide groups is 1. The highest BCUT2D eigenvalue weighted by molar-refractivity contribution is 7.17. The van der Waals surface area contributed by atoms with Crippen LogP contribution in [0.25, 0.3) is 10.2 Å². The third-order valence-electron chi connectivity index (χ3n) is 5.55. The molecule has 4 amide bonds. The van der Waals surface area contributed by atoms with Crippen LogP contribution in [0.5, 0.6) is 0 Å². The molecule has 2 fully saturated rings. The van der Waals surface area contributed by atoms with Crippen LogP contribution in [0.15, 0.2) is 16.2 Å². The van der Waals surface area contributed by atoms with Gasteiger partial charge in [0.1, 0.15) is 22.6 Å². The number of carbonyl (C=O) groups is 3. The Morgan fingerprint density at radius 2 is 2.07 bits per heavy atom. The highest BCUT2D eigenvalue weighted by Gasteiger charge is 2.52. The molecule has 2 aromatic heterocycles. The first-order valence-corrected chi connectivity index (χ1v) is 10.7. The van der Waals surface area contributed by atoms with Gasteiger partial charge in [-0.15, -0.1) is 11.3 Å². The lowest BCUT2D eigenvalue weighted by Crippen LogP contribution is -2.46. The van der Waals surface area contributed by atoms with Gasteiger partial charge in [-0.2, -0.15) is 0 Å². The topological polar surface area (TPSA) is 115 Å². The third kappa shape index (κ3) is 3.52. The Morgan fingerprint density at radius 1 is 1.31 bits per heavy atom. The molecule has 10 heteroatoms. The van der Waals surface area contributed by atoms with Gasteiger partial charge in [0.05, 0.1) is 12.1 Å². The number of carbonyl (C=O) groups excluding carboxylic acids is 3. The minimum absolute atomic E-state index is 0.114. The van der Waals surface area contributed by atoms with Crippen molar-refractivity contribution in [2.45, 2.75) is 51.1 Å². The minimum Gasteiger partial charge on any atom is -0.334 e. The summed E-state index contributed by atoms with van der Waals surface area (Å²) in [7, 11) is 0. The first-order chi connectivity index (χ1) is 13.9. The Balaban J connectivity index is 1.50. The van der Waals surface area contributed by atoms with Crippen LogP contribution < -0.4 is 10.9 Å². The zero-order valence-electron chi connectivity index (χ0n) is 16.2. The predicted molar refractivity (Wildman–Crippen MR) is 107 cm³/mol. The first-order valence-electron chi connectivity index (χ1n) is 9.82. The maximum Gasteiger partial charge on any atom is 0.325 e. The number of nitrogens with zero attached hydrogens (tertiary/aromatic N) is 3.